The molecule has 0 aromatic heterocycles. The van der Waals surface area contributed by atoms with E-state index in [4.69, 9.17) is 14.7 Å². The van der Waals surface area contributed by atoms with E-state index in [1.165, 1.54) is 0 Å². The van der Waals surface area contributed by atoms with Crippen molar-refractivity contribution in [2.24, 2.45) is 5.41 Å². The van der Waals surface area contributed by atoms with Crippen molar-refractivity contribution in [2.45, 2.75) is 27.2 Å². The molecule has 0 saturated carbocycles. The number of hydrogen-bond donors (Lipinski definition) is 0. The lowest BCUT2D eigenvalue weighted by Gasteiger charge is -2.18. The molecule has 14 heavy (non-hydrogen) atoms. The average Bonchev–Trinajstić information content (AvgIpc) is 2.18. The van der Waals surface area contributed by atoms with Crippen LogP contribution in [0.1, 0.15) is 27.2 Å². The molecule has 1 unspecified atom stereocenters. The number of esters is 1. The first-order valence-corrected chi connectivity index (χ1v) is 4.77. The third kappa shape index (κ3) is 3.75. The standard InChI is InChI=1S/C10H17NO3/c1-4-13-7-6-10(3,8-11)9(12)14-5-2/h4-7H2,1-3H3. The molecule has 0 bridgehead atoms. The van der Waals surface area contributed by atoms with Crippen LogP contribution in [0.2, 0.25) is 0 Å². The number of hydrogen-bond acceptors (Lipinski definition) is 4. The average molecular weight is 199 g/mol. The van der Waals surface area contributed by atoms with E-state index in [9.17, 15) is 4.79 Å². The highest BCUT2D eigenvalue weighted by Crippen LogP contribution is 2.22. The Balaban J connectivity index is 4.18. The van der Waals surface area contributed by atoms with Gasteiger partial charge in [0.2, 0.25) is 0 Å². The number of ether oxygens (including phenoxy) is 2. The second kappa shape index (κ2) is 6.39. The minimum Gasteiger partial charge on any atom is -0.465 e. The molecule has 0 rings (SSSR count). The van der Waals surface area contributed by atoms with Gasteiger partial charge in [0.1, 0.15) is 0 Å². The van der Waals surface area contributed by atoms with Crippen LogP contribution in [-0.2, 0) is 14.3 Å². The molecule has 0 spiro atoms. The molecule has 0 N–H and O–H groups in total. The van der Waals surface area contributed by atoms with E-state index >= 15 is 0 Å². The Kier molecular flexibility index (Phi) is 5.89. The zero-order chi connectivity index (χ0) is 11.0. The Hall–Kier alpha value is -1.08. The van der Waals surface area contributed by atoms with E-state index < -0.39 is 11.4 Å². The highest BCUT2D eigenvalue weighted by molar-refractivity contribution is 5.79. The Morgan fingerprint density at radius 3 is 2.50 bits per heavy atom. The fraction of sp³-hybridized carbons (Fsp3) is 0.800. The normalized spacial score (nSPS) is 14.1. The largest absolute Gasteiger partial charge is 0.465 e. The quantitative estimate of drug-likeness (QED) is 0.480. The predicted octanol–water partition coefficient (Wildman–Crippen LogP) is 1.51. The van der Waals surface area contributed by atoms with Gasteiger partial charge in [-0.05, 0) is 27.2 Å². The van der Waals surface area contributed by atoms with E-state index in [1.807, 2.05) is 13.0 Å². The minimum absolute atomic E-state index is 0.296. The maximum atomic E-state index is 11.4. The molecular formula is C10H17NO3. The third-order valence-electron chi connectivity index (χ3n) is 1.92. The molecular weight excluding hydrogens is 182 g/mol. The summed E-state index contributed by atoms with van der Waals surface area (Å²) in [6.45, 7) is 6.45. The van der Waals surface area contributed by atoms with E-state index in [-0.39, 0.29) is 0 Å². The number of nitrogens with zero attached hydrogens (tertiary/aromatic N) is 1. The lowest BCUT2D eigenvalue weighted by atomic mass is 9.89. The zero-order valence-corrected chi connectivity index (χ0v) is 9.00. The van der Waals surface area contributed by atoms with Crippen molar-refractivity contribution < 1.29 is 14.3 Å². The van der Waals surface area contributed by atoms with Gasteiger partial charge in [0.25, 0.3) is 0 Å². The van der Waals surface area contributed by atoms with E-state index in [0.717, 1.165) is 0 Å². The molecule has 0 aliphatic carbocycles. The number of nitriles is 1. The molecule has 4 heteroatoms. The van der Waals surface area contributed by atoms with Gasteiger partial charge in [-0.2, -0.15) is 5.26 Å². The van der Waals surface area contributed by atoms with Crippen molar-refractivity contribution in [3.8, 4) is 6.07 Å². The smallest absolute Gasteiger partial charge is 0.326 e. The molecule has 0 radical (unpaired) electrons. The minimum atomic E-state index is -1.08. The van der Waals surface area contributed by atoms with Crippen molar-refractivity contribution >= 4 is 5.97 Å². The first-order valence-electron chi connectivity index (χ1n) is 4.77. The number of carbonyl (C=O) groups excluding carboxylic acids is 1. The Bertz CT molecular complexity index is 222. The van der Waals surface area contributed by atoms with Gasteiger partial charge in [0.05, 0.1) is 12.7 Å². The summed E-state index contributed by atoms with van der Waals surface area (Å²) in [6, 6.07) is 1.97. The van der Waals surface area contributed by atoms with E-state index in [1.54, 1.807) is 13.8 Å². The Labute approximate surface area is 84.8 Å². The summed E-state index contributed by atoms with van der Waals surface area (Å²) < 4.78 is 9.91. The number of carbonyl (C=O) groups is 1. The van der Waals surface area contributed by atoms with Gasteiger partial charge in [0, 0.05) is 13.2 Å². The SMILES string of the molecule is CCOCCC(C)(C#N)C(=O)OCC. The number of rotatable bonds is 6. The van der Waals surface area contributed by atoms with Crippen LogP contribution < -0.4 is 0 Å². The summed E-state index contributed by atoms with van der Waals surface area (Å²) in [7, 11) is 0. The summed E-state index contributed by atoms with van der Waals surface area (Å²) in [6.07, 6.45) is 0.371. The molecule has 4 nitrogen and oxygen atoms in total. The second-order valence-electron chi connectivity index (χ2n) is 3.11. The van der Waals surface area contributed by atoms with Crippen molar-refractivity contribution in [3.05, 3.63) is 0 Å². The van der Waals surface area contributed by atoms with Crippen LogP contribution in [0.5, 0.6) is 0 Å². The van der Waals surface area contributed by atoms with Gasteiger partial charge in [-0.1, -0.05) is 0 Å². The highest BCUT2D eigenvalue weighted by Gasteiger charge is 2.34. The van der Waals surface area contributed by atoms with Crippen LogP contribution in [0.25, 0.3) is 0 Å². The van der Waals surface area contributed by atoms with Crippen LogP contribution >= 0.6 is 0 Å². The molecule has 0 fully saturated rings. The molecule has 0 aromatic rings. The Morgan fingerprint density at radius 1 is 1.43 bits per heavy atom. The van der Waals surface area contributed by atoms with Crippen molar-refractivity contribution in [2.75, 3.05) is 19.8 Å². The first kappa shape index (κ1) is 12.9. The molecule has 1 atom stereocenters. The van der Waals surface area contributed by atoms with Crippen LogP contribution in [0.3, 0.4) is 0 Å². The first-order chi connectivity index (χ1) is 6.60. The van der Waals surface area contributed by atoms with Gasteiger partial charge < -0.3 is 9.47 Å². The van der Waals surface area contributed by atoms with Crippen LogP contribution in [0.4, 0.5) is 0 Å². The summed E-state index contributed by atoms with van der Waals surface area (Å²) in [5.41, 5.74) is -1.08. The molecule has 0 aromatic carbocycles. The molecule has 0 amide bonds. The molecule has 80 valence electrons. The fourth-order valence-electron chi connectivity index (χ4n) is 0.915. The maximum absolute atomic E-state index is 11.4. The highest BCUT2D eigenvalue weighted by atomic mass is 16.5. The summed E-state index contributed by atoms with van der Waals surface area (Å²) in [5, 5.41) is 8.88. The lowest BCUT2D eigenvalue weighted by Crippen LogP contribution is -2.29. The van der Waals surface area contributed by atoms with Crippen molar-refractivity contribution in [1.82, 2.24) is 0 Å². The third-order valence-corrected chi connectivity index (χ3v) is 1.92. The van der Waals surface area contributed by atoms with Crippen molar-refractivity contribution in [3.63, 3.8) is 0 Å². The molecule has 0 heterocycles. The second-order valence-corrected chi connectivity index (χ2v) is 3.11. The van der Waals surface area contributed by atoms with E-state index in [2.05, 4.69) is 0 Å². The maximum Gasteiger partial charge on any atom is 0.326 e. The van der Waals surface area contributed by atoms with Gasteiger partial charge >= 0.3 is 5.97 Å². The van der Waals surface area contributed by atoms with Gasteiger partial charge in [0.15, 0.2) is 5.41 Å². The van der Waals surface area contributed by atoms with Crippen LogP contribution in [0.15, 0.2) is 0 Å². The van der Waals surface area contributed by atoms with Crippen LogP contribution in [-0.4, -0.2) is 25.8 Å². The molecule has 0 aliphatic heterocycles. The monoisotopic (exact) mass is 199 g/mol. The van der Waals surface area contributed by atoms with Gasteiger partial charge in [-0.15, -0.1) is 0 Å². The fourth-order valence-corrected chi connectivity index (χ4v) is 0.915. The molecule has 0 aliphatic rings. The Morgan fingerprint density at radius 2 is 2.07 bits per heavy atom. The summed E-state index contributed by atoms with van der Waals surface area (Å²) in [4.78, 5) is 11.4. The van der Waals surface area contributed by atoms with Gasteiger partial charge in [-0.25, -0.2) is 0 Å². The van der Waals surface area contributed by atoms with Gasteiger partial charge in [-0.3, -0.25) is 4.79 Å². The summed E-state index contributed by atoms with van der Waals surface area (Å²) >= 11 is 0. The van der Waals surface area contributed by atoms with Crippen LogP contribution in [0, 0.1) is 16.7 Å². The zero-order valence-electron chi connectivity index (χ0n) is 9.00. The predicted molar refractivity (Wildman–Crippen MR) is 51.5 cm³/mol. The van der Waals surface area contributed by atoms with E-state index in [0.29, 0.717) is 26.2 Å². The van der Waals surface area contributed by atoms with Crippen molar-refractivity contribution in [1.29, 1.82) is 5.26 Å². The molecule has 0 saturated heterocycles. The lowest BCUT2D eigenvalue weighted by molar-refractivity contribution is -0.152. The summed E-state index contributed by atoms with van der Waals surface area (Å²) in [5.74, 6) is -0.470. The topological polar surface area (TPSA) is 59.3 Å².